The maximum atomic E-state index is 12.4. The average molecular weight is 310 g/mol. The van der Waals surface area contributed by atoms with Crippen LogP contribution >= 0.6 is 0 Å². The molecule has 1 aromatic carbocycles. The van der Waals surface area contributed by atoms with Crippen LogP contribution in [0.15, 0.2) is 29.2 Å². The highest BCUT2D eigenvalue weighted by molar-refractivity contribution is 7.89. The molecule has 0 bridgehead atoms. The number of hydrogen-bond acceptors (Lipinski definition) is 5. The normalized spacial score (nSPS) is 12.7. The van der Waals surface area contributed by atoms with Crippen molar-refractivity contribution in [3.8, 4) is 6.07 Å². The zero-order valence-corrected chi connectivity index (χ0v) is 13.1. The monoisotopic (exact) mass is 310 g/mol. The zero-order chi connectivity index (χ0) is 16.0. The van der Waals surface area contributed by atoms with Gasteiger partial charge in [0.2, 0.25) is 10.0 Å². The predicted octanol–water partition coefficient (Wildman–Crippen LogP) is 1.79. The van der Waals surface area contributed by atoms with Crippen molar-refractivity contribution in [3.63, 3.8) is 0 Å². The smallest absolute Gasteiger partial charge is 0.339 e. The molecule has 0 saturated heterocycles. The van der Waals surface area contributed by atoms with E-state index in [9.17, 15) is 13.2 Å². The molecule has 0 radical (unpaired) electrons. The molecule has 0 heterocycles. The fourth-order valence-electron chi connectivity index (χ4n) is 1.75. The summed E-state index contributed by atoms with van der Waals surface area (Å²) in [5, 5.41) is 8.62. The second kappa shape index (κ2) is 7.20. The Balaban J connectivity index is 3.12. The van der Waals surface area contributed by atoms with E-state index in [1.54, 1.807) is 19.9 Å². The summed E-state index contributed by atoms with van der Waals surface area (Å²) in [6, 6.07) is 7.40. The van der Waals surface area contributed by atoms with E-state index in [0.717, 1.165) is 0 Å². The third-order valence-corrected chi connectivity index (χ3v) is 4.92. The van der Waals surface area contributed by atoms with Crippen molar-refractivity contribution < 1.29 is 17.9 Å². The van der Waals surface area contributed by atoms with Gasteiger partial charge in [0.05, 0.1) is 10.5 Å². The molecule has 1 atom stereocenters. The first-order chi connectivity index (χ1) is 9.86. The number of hydrogen-bond donors (Lipinski definition) is 0. The summed E-state index contributed by atoms with van der Waals surface area (Å²) < 4.78 is 30.9. The standard InChI is InChI=1S/C14H18N2O4S/c1-4-16(5-2)21(18,19)13-8-6-7-12(9-13)14(17)20-11(3)10-15/h6-9,11H,4-5H2,1-3H3/t11-/m0/s1. The van der Waals surface area contributed by atoms with Crippen molar-refractivity contribution in [1.29, 1.82) is 5.26 Å². The van der Waals surface area contributed by atoms with Gasteiger partial charge in [-0.15, -0.1) is 0 Å². The van der Waals surface area contributed by atoms with Gasteiger partial charge in [0.15, 0.2) is 6.10 Å². The molecule has 0 N–H and O–H groups in total. The third kappa shape index (κ3) is 4.03. The van der Waals surface area contributed by atoms with Crippen LogP contribution in [0.4, 0.5) is 0 Å². The maximum Gasteiger partial charge on any atom is 0.339 e. The number of carbonyl (C=O) groups excluding carboxylic acids is 1. The molecule has 0 aliphatic heterocycles. The fourth-order valence-corrected chi connectivity index (χ4v) is 3.26. The van der Waals surface area contributed by atoms with E-state index in [0.29, 0.717) is 13.1 Å². The number of ether oxygens (including phenoxy) is 1. The van der Waals surface area contributed by atoms with E-state index in [2.05, 4.69) is 0 Å². The molecule has 1 rings (SSSR count). The zero-order valence-electron chi connectivity index (χ0n) is 12.2. The Kier molecular flexibility index (Phi) is 5.88. The lowest BCUT2D eigenvalue weighted by atomic mass is 10.2. The summed E-state index contributed by atoms with van der Waals surface area (Å²) in [6.07, 6.45) is -0.888. The summed E-state index contributed by atoms with van der Waals surface area (Å²) in [5.74, 6) is -0.722. The minimum atomic E-state index is -3.63. The molecule has 6 nitrogen and oxygen atoms in total. The van der Waals surface area contributed by atoms with Gasteiger partial charge in [-0.05, 0) is 25.1 Å². The van der Waals surface area contributed by atoms with E-state index in [1.807, 2.05) is 0 Å². The molecule has 0 aromatic heterocycles. The van der Waals surface area contributed by atoms with Crippen LogP contribution < -0.4 is 0 Å². The second-order valence-corrected chi connectivity index (χ2v) is 6.23. The first-order valence-electron chi connectivity index (χ1n) is 6.57. The number of benzene rings is 1. The topological polar surface area (TPSA) is 87.5 Å². The Morgan fingerprint density at radius 1 is 1.38 bits per heavy atom. The van der Waals surface area contributed by atoms with E-state index < -0.39 is 22.1 Å². The average Bonchev–Trinajstić information content (AvgIpc) is 2.48. The van der Waals surface area contributed by atoms with Crippen LogP contribution in [0.1, 0.15) is 31.1 Å². The van der Waals surface area contributed by atoms with Crippen LogP contribution in [0.2, 0.25) is 0 Å². The van der Waals surface area contributed by atoms with Crippen LogP contribution in [-0.2, 0) is 14.8 Å². The van der Waals surface area contributed by atoms with Crippen LogP contribution in [0, 0.1) is 11.3 Å². The fraction of sp³-hybridized carbons (Fsp3) is 0.429. The molecule has 7 heteroatoms. The summed E-state index contributed by atoms with van der Waals surface area (Å²) in [6.45, 7) is 5.62. The van der Waals surface area contributed by atoms with Crippen LogP contribution in [0.25, 0.3) is 0 Å². The van der Waals surface area contributed by atoms with Gasteiger partial charge in [-0.3, -0.25) is 0 Å². The lowest BCUT2D eigenvalue weighted by Gasteiger charge is -2.18. The van der Waals surface area contributed by atoms with Crippen molar-refractivity contribution >= 4 is 16.0 Å². The molecule has 0 aliphatic carbocycles. The lowest BCUT2D eigenvalue weighted by Crippen LogP contribution is -2.30. The minimum absolute atomic E-state index is 0.0326. The number of sulfonamides is 1. The summed E-state index contributed by atoms with van der Waals surface area (Å²) in [5.41, 5.74) is 0.102. The Morgan fingerprint density at radius 2 is 2.00 bits per heavy atom. The van der Waals surface area contributed by atoms with E-state index in [4.69, 9.17) is 10.00 Å². The van der Waals surface area contributed by atoms with Crippen molar-refractivity contribution in [2.45, 2.75) is 31.8 Å². The summed E-state index contributed by atoms with van der Waals surface area (Å²) >= 11 is 0. The Labute approximate surface area is 125 Å². The van der Waals surface area contributed by atoms with E-state index in [-0.39, 0.29) is 10.5 Å². The van der Waals surface area contributed by atoms with Crippen LogP contribution in [-0.4, -0.2) is 37.9 Å². The van der Waals surface area contributed by atoms with Gasteiger partial charge in [0.1, 0.15) is 6.07 Å². The van der Waals surface area contributed by atoms with E-state index >= 15 is 0 Å². The molecule has 0 spiro atoms. The van der Waals surface area contributed by atoms with E-state index in [1.165, 1.54) is 35.5 Å². The molecular formula is C14H18N2O4S. The number of nitriles is 1. The van der Waals surface area contributed by atoms with Gasteiger partial charge < -0.3 is 4.74 Å². The third-order valence-electron chi connectivity index (χ3n) is 2.88. The molecule has 0 aliphatic rings. The lowest BCUT2D eigenvalue weighted by molar-refractivity contribution is 0.0435. The highest BCUT2D eigenvalue weighted by Gasteiger charge is 2.23. The first-order valence-corrected chi connectivity index (χ1v) is 8.01. The number of carbonyl (C=O) groups is 1. The highest BCUT2D eigenvalue weighted by Crippen LogP contribution is 2.17. The molecule has 21 heavy (non-hydrogen) atoms. The summed E-state index contributed by atoms with van der Waals surface area (Å²) in [4.78, 5) is 11.9. The van der Waals surface area contributed by atoms with Crippen molar-refractivity contribution in [2.75, 3.05) is 13.1 Å². The number of rotatable bonds is 6. The molecule has 0 amide bonds. The van der Waals surface area contributed by atoms with Crippen molar-refractivity contribution in [3.05, 3.63) is 29.8 Å². The van der Waals surface area contributed by atoms with Gasteiger partial charge in [-0.1, -0.05) is 19.9 Å². The minimum Gasteiger partial charge on any atom is -0.444 e. The summed E-state index contributed by atoms with van der Waals surface area (Å²) in [7, 11) is -3.63. The number of esters is 1. The Hall–Kier alpha value is -1.91. The maximum absolute atomic E-state index is 12.4. The van der Waals surface area contributed by atoms with Crippen LogP contribution in [0.5, 0.6) is 0 Å². The van der Waals surface area contributed by atoms with Gasteiger partial charge in [0.25, 0.3) is 0 Å². The molecule has 0 unspecified atom stereocenters. The predicted molar refractivity (Wildman–Crippen MR) is 77.0 cm³/mol. The van der Waals surface area contributed by atoms with Gasteiger partial charge >= 0.3 is 5.97 Å². The van der Waals surface area contributed by atoms with Gasteiger partial charge in [0, 0.05) is 13.1 Å². The second-order valence-electron chi connectivity index (χ2n) is 4.29. The quantitative estimate of drug-likeness (QED) is 0.747. The Morgan fingerprint density at radius 3 is 2.52 bits per heavy atom. The molecular weight excluding hydrogens is 292 g/mol. The van der Waals surface area contributed by atoms with Crippen LogP contribution in [0.3, 0.4) is 0 Å². The molecule has 114 valence electrons. The number of nitrogens with zero attached hydrogens (tertiary/aromatic N) is 2. The first kappa shape index (κ1) is 17.1. The largest absolute Gasteiger partial charge is 0.444 e. The van der Waals surface area contributed by atoms with Crippen molar-refractivity contribution in [2.24, 2.45) is 0 Å². The SMILES string of the molecule is CCN(CC)S(=O)(=O)c1cccc(C(=O)O[C@@H](C)C#N)c1. The van der Waals surface area contributed by atoms with Gasteiger partial charge in [-0.2, -0.15) is 9.57 Å². The Bertz CT molecular complexity index is 645. The molecule has 1 aromatic rings. The molecule has 0 fully saturated rings. The molecule has 0 saturated carbocycles. The van der Waals surface area contributed by atoms with Crippen molar-refractivity contribution in [1.82, 2.24) is 4.31 Å². The highest BCUT2D eigenvalue weighted by atomic mass is 32.2. The van der Waals surface area contributed by atoms with Gasteiger partial charge in [-0.25, -0.2) is 13.2 Å².